The summed E-state index contributed by atoms with van der Waals surface area (Å²) in [6.45, 7) is 0. The van der Waals surface area contributed by atoms with Crippen molar-refractivity contribution in [1.82, 2.24) is 10.7 Å². The number of nitrogens with one attached hydrogen (secondary N) is 1. The predicted octanol–water partition coefficient (Wildman–Crippen LogP) is -0.00950. The summed E-state index contributed by atoms with van der Waals surface area (Å²) in [7, 11) is 0. The van der Waals surface area contributed by atoms with Crippen molar-refractivity contribution in [2.45, 2.75) is 0 Å². The molecule has 75 valence electrons. The van der Waals surface area contributed by atoms with Crippen molar-refractivity contribution in [3.05, 3.63) is 35.9 Å². The van der Waals surface area contributed by atoms with Gasteiger partial charge in [0.15, 0.2) is 5.84 Å². The molecule has 15 heavy (non-hydrogen) atoms. The van der Waals surface area contributed by atoms with E-state index in [4.69, 9.17) is 5.73 Å². The molecule has 0 bridgehead atoms. The third-order valence-electron chi connectivity index (χ3n) is 1.72. The Kier molecular flexibility index (Phi) is 2.32. The van der Waals surface area contributed by atoms with Crippen LogP contribution in [0.5, 0.6) is 0 Å². The highest BCUT2D eigenvalue weighted by Crippen LogP contribution is 2.05. The van der Waals surface area contributed by atoms with Crippen molar-refractivity contribution in [1.29, 1.82) is 0 Å². The summed E-state index contributed by atoms with van der Waals surface area (Å²) < 4.78 is 0. The number of urea groups is 1. The molecule has 1 aromatic carbocycles. The third kappa shape index (κ3) is 2.11. The van der Waals surface area contributed by atoms with E-state index in [1.54, 1.807) is 0 Å². The molecule has 1 radical (unpaired) electrons. The van der Waals surface area contributed by atoms with E-state index in [0.717, 1.165) is 5.56 Å². The van der Waals surface area contributed by atoms with Gasteiger partial charge in [0.05, 0.1) is 0 Å². The monoisotopic (exact) mass is 202 g/mol. The number of nitrogens with zero attached hydrogens (tertiary/aromatic N) is 3. The van der Waals surface area contributed by atoms with Gasteiger partial charge in [-0.1, -0.05) is 30.3 Å². The zero-order chi connectivity index (χ0) is 10.7. The van der Waals surface area contributed by atoms with Crippen LogP contribution in [0.25, 0.3) is 0 Å². The highest BCUT2D eigenvalue weighted by molar-refractivity contribution is 6.11. The van der Waals surface area contributed by atoms with Gasteiger partial charge in [-0.25, -0.2) is 4.79 Å². The van der Waals surface area contributed by atoms with Gasteiger partial charge in [0.1, 0.15) is 0 Å². The Morgan fingerprint density at radius 2 is 2.00 bits per heavy atom. The van der Waals surface area contributed by atoms with Crippen molar-refractivity contribution >= 4 is 17.8 Å². The molecular weight excluding hydrogens is 194 g/mol. The maximum Gasteiger partial charge on any atom is 0.319 e. The fourth-order valence-electron chi connectivity index (χ4n) is 1.11. The summed E-state index contributed by atoms with van der Waals surface area (Å²) in [5.74, 6) is 0.570. The summed E-state index contributed by atoms with van der Waals surface area (Å²) in [5.41, 5.74) is 9.41. The number of carbonyl (C=O) groups excluding carboxylic acids is 1. The number of benzene rings is 1. The van der Waals surface area contributed by atoms with Crippen molar-refractivity contribution < 1.29 is 4.79 Å². The standard InChI is InChI=1S/C9H8N5O/c10-8(15)12-9-11-7(13-14-9)6-4-2-1-3-5-6/h1-5H,(H3,10,11,12,13,15). The summed E-state index contributed by atoms with van der Waals surface area (Å²) in [6, 6.07) is 8.63. The Bertz CT molecular complexity index is 437. The zero-order valence-corrected chi connectivity index (χ0v) is 7.71. The van der Waals surface area contributed by atoms with E-state index in [0.29, 0.717) is 5.84 Å². The number of amidine groups is 1. The van der Waals surface area contributed by atoms with Gasteiger partial charge in [-0.3, -0.25) is 5.32 Å². The van der Waals surface area contributed by atoms with Crippen LogP contribution in [-0.4, -0.2) is 17.8 Å². The molecule has 0 aliphatic carbocycles. The normalized spacial score (nSPS) is 13.9. The smallest absolute Gasteiger partial charge is 0.319 e. The lowest BCUT2D eigenvalue weighted by Gasteiger charge is -1.95. The number of nitrogens with two attached hydrogens (primary N) is 1. The molecule has 0 saturated heterocycles. The van der Waals surface area contributed by atoms with Crippen LogP contribution in [0.2, 0.25) is 0 Å². The topological polar surface area (TPSA) is 93.9 Å². The lowest BCUT2D eigenvalue weighted by atomic mass is 10.2. The molecule has 0 unspecified atom stereocenters. The van der Waals surface area contributed by atoms with Gasteiger partial charge >= 0.3 is 6.03 Å². The van der Waals surface area contributed by atoms with E-state index in [1.165, 1.54) is 0 Å². The lowest BCUT2D eigenvalue weighted by Crippen LogP contribution is -2.37. The van der Waals surface area contributed by atoms with E-state index < -0.39 is 6.03 Å². The number of primary amides is 1. The molecule has 0 saturated carbocycles. The summed E-state index contributed by atoms with van der Waals surface area (Å²) in [6.07, 6.45) is 0. The quantitative estimate of drug-likeness (QED) is 0.658. The van der Waals surface area contributed by atoms with Gasteiger partial charge in [-0.05, 0) is 0 Å². The molecule has 2 rings (SSSR count). The first-order chi connectivity index (χ1) is 7.25. The van der Waals surface area contributed by atoms with Crippen LogP contribution >= 0.6 is 0 Å². The molecule has 1 heterocycles. The minimum absolute atomic E-state index is 0.112. The molecule has 6 nitrogen and oxygen atoms in total. The van der Waals surface area contributed by atoms with Crippen LogP contribution in [-0.2, 0) is 0 Å². The van der Waals surface area contributed by atoms with E-state index in [2.05, 4.69) is 20.8 Å². The lowest BCUT2D eigenvalue weighted by molar-refractivity contribution is 0.253. The summed E-state index contributed by atoms with van der Waals surface area (Å²) in [5, 5.41) is 6.06. The number of carbonyl (C=O) groups is 1. The minimum atomic E-state index is -0.706. The SMILES string of the molecule is NC(=O)NC1=NC(c2ccccc2)=N[N]1. The molecule has 0 atom stereocenters. The van der Waals surface area contributed by atoms with Gasteiger partial charge in [-0.15, -0.1) is 10.5 Å². The molecule has 3 N–H and O–H groups in total. The van der Waals surface area contributed by atoms with Gasteiger partial charge in [0.25, 0.3) is 5.96 Å². The number of rotatable bonds is 1. The largest absolute Gasteiger partial charge is 0.351 e. The highest BCUT2D eigenvalue weighted by atomic mass is 16.2. The molecular formula is C9H8N5O. The second kappa shape index (κ2) is 3.79. The molecule has 0 fully saturated rings. The number of hydrogen-bond acceptors (Lipinski definition) is 3. The van der Waals surface area contributed by atoms with Crippen molar-refractivity contribution in [3.63, 3.8) is 0 Å². The van der Waals surface area contributed by atoms with Crippen LogP contribution in [0, 0.1) is 0 Å². The molecule has 0 spiro atoms. The van der Waals surface area contributed by atoms with Gasteiger partial charge in [-0.2, -0.15) is 4.99 Å². The predicted molar refractivity (Wildman–Crippen MR) is 55.3 cm³/mol. The van der Waals surface area contributed by atoms with Crippen LogP contribution in [0.1, 0.15) is 5.56 Å². The fraction of sp³-hybridized carbons (Fsp3) is 0. The summed E-state index contributed by atoms with van der Waals surface area (Å²) in [4.78, 5) is 14.5. The zero-order valence-electron chi connectivity index (χ0n) is 7.71. The number of guanidine groups is 1. The van der Waals surface area contributed by atoms with E-state index >= 15 is 0 Å². The number of amides is 2. The van der Waals surface area contributed by atoms with Crippen LogP contribution < -0.4 is 16.5 Å². The van der Waals surface area contributed by atoms with E-state index in [9.17, 15) is 4.79 Å². The van der Waals surface area contributed by atoms with Crippen LogP contribution in [0.4, 0.5) is 4.79 Å². The molecule has 6 heteroatoms. The Balaban J connectivity index is 2.14. The van der Waals surface area contributed by atoms with Crippen molar-refractivity contribution in [3.8, 4) is 0 Å². The average molecular weight is 202 g/mol. The second-order valence-corrected chi connectivity index (χ2v) is 2.81. The van der Waals surface area contributed by atoms with Gasteiger partial charge in [0, 0.05) is 5.56 Å². The average Bonchev–Trinajstić information content (AvgIpc) is 2.67. The molecule has 1 aliphatic heterocycles. The Hall–Kier alpha value is -2.37. The Labute approximate surface area is 85.9 Å². The third-order valence-corrected chi connectivity index (χ3v) is 1.72. The van der Waals surface area contributed by atoms with Gasteiger partial charge in [0.2, 0.25) is 0 Å². The molecule has 0 aromatic heterocycles. The molecule has 2 amide bonds. The first-order valence-electron chi connectivity index (χ1n) is 4.25. The fourth-order valence-corrected chi connectivity index (χ4v) is 1.11. The summed E-state index contributed by atoms with van der Waals surface area (Å²) >= 11 is 0. The minimum Gasteiger partial charge on any atom is -0.351 e. The number of aliphatic imine (C=N–C) groups is 1. The highest BCUT2D eigenvalue weighted by Gasteiger charge is 2.14. The molecule has 1 aliphatic rings. The van der Waals surface area contributed by atoms with E-state index in [1.807, 2.05) is 30.3 Å². The molecule has 1 aromatic rings. The Morgan fingerprint density at radius 3 is 2.67 bits per heavy atom. The van der Waals surface area contributed by atoms with Crippen molar-refractivity contribution in [2.75, 3.05) is 0 Å². The number of hydrogen-bond donors (Lipinski definition) is 2. The van der Waals surface area contributed by atoms with Crippen LogP contribution in [0.15, 0.2) is 40.4 Å². The second-order valence-electron chi connectivity index (χ2n) is 2.81. The first kappa shape index (κ1) is 9.20. The van der Waals surface area contributed by atoms with E-state index in [-0.39, 0.29) is 5.96 Å². The van der Waals surface area contributed by atoms with Crippen molar-refractivity contribution in [2.24, 2.45) is 15.8 Å². The maximum atomic E-state index is 10.5. The van der Waals surface area contributed by atoms with Crippen LogP contribution in [0.3, 0.4) is 0 Å². The maximum absolute atomic E-state index is 10.5. The first-order valence-corrected chi connectivity index (χ1v) is 4.25. The Morgan fingerprint density at radius 1 is 1.27 bits per heavy atom. The van der Waals surface area contributed by atoms with Gasteiger partial charge < -0.3 is 5.73 Å².